The Morgan fingerprint density at radius 2 is 2.19 bits per heavy atom. The Kier molecular flexibility index (Phi) is 4.93. The normalized spacial score (nSPS) is 24.1. The molecule has 4 nitrogen and oxygen atoms in total. The molecule has 0 bridgehead atoms. The third kappa shape index (κ3) is 4.77. The zero-order valence-corrected chi connectivity index (χ0v) is 13.7. The molecule has 0 aliphatic heterocycles. The lowest BCUT2D eigenvalue weighted by atomic mass is 9.71. The van der Waals surface area contributed by atoms with Gasteiger partial charge >= 0.3 is 0 Å². The monoisotopic (exact) mass is 305 g/mol. The summed E-state index contributed by atoms with van der Waals surface area (Å²) in [5.41, 5.74) is 0.831. The topological polar surface area (TPSA) is 54.0 Å². The van der Waals surface area contributed by atoms with E-state index >= 15 is 0 Å². The van der Waals surface area contributed by atoms with Gasteiger partial charge in [0.2, 0.25) is 0 Å². The summed E-state index contributed by atoms with van der Waals surface area (Å²) in [5.74, 6) is 0.451. The van der Waals surface area contributed by atoms with Crippen LogP contribution in [-0.2, 0) is 0 Å². The number of hydrogen-bond donors (Lipinski definition) is 2. The number of amides is 1. The van der Waals surface area contributed by atoms with E-state index in [-0.39, 0.29) is 5.91 Å². The predicted molar refractivity (Wildman–Crippen MR) is 88.0 cm³/mol. The first-order chi connectivity index (χ1) is 9.85. The van der Waals surface area contributed by atoms with E-state index in [0.717, 1.165) is 12.8 Å². The minimum Gasteiger partial charge on any atom is -0.360 e. The highest BCUT2D eigenvalue weighted by Gasteiger charge is 2.32. The number of aromatic nitrogens is 1. The van der Waals surface area contributed by atoms with E-state index in [2.05, 4.69) is 36.4 Å². The Balaban J connectivity index is 1.88. The number of nitrogens with zero attached hydrogens (tertiary/aromatic N) is 1. The van der Waals surface area contributed by atoms with Crippen LogP contribution in [0.2, 0.25) is 0 Å². The number of carbonyl (C=O) groups excluding carboxylic acids is 1. The number of rotatable bonds is 2. The molecule has 2 rings (SSSR count). The molecular weight excluding hydrogens is 282 g/mol. The molecule has 0 spiro atoms. The first-order valence-corrected chi connectivity index (χ1v) is 7.78. The third-order valence-corrected chi connectivity index (χ3v) is 4.09. The molecule has 0 aromatic carbocycles. The van der Waals surface area contributed by atoms with Crippen molar-refractivity contribution in [3.05, 3.63) is 30.1 Å². The van der Waals surface area contributed by atoms with Gasteiger partial charge in [0, 0.05) is 18.4 Å². The predicted octanol–water partition coefficient (Wildman–Crippen LogP) is 2.90. The van der Waals surface area contributed by atoms with Crippen molar-refractivity contribution in [3.63, 3.8) is 0 Å². The highest BCUT2D eigenvalue weighted by Crippen LogP contribution is 2.38. The van der Waals surface area contributed by atoms with Gasteiger partial charge in [-0.05, 0) is 54.9 Å². The summed E-state index contributed by atoms with van der Waals surface area (Å²) in [6, 6.07) is 3.78. The largest absolute Gasteiger partial charge is 0.360 e. The Bertz CT molecular complexity index is 516. The van der Waals surface area contributed by atoms with Crippen molar-refractivity contribution in [1.82, 2.24) is 15.6 Å². The van der Waals surface area contributed by atoms with Gasteiger partial charge in [0.15, 0.2) is 5.11 Å². The second kappa shape index (κ2) is 6.52. The second-order valence-corrected chi connectivity index (χ2v) is 7.19. The van der Waals surface area contributed by atoms with Crippen molar-refractivity contribution in [1.29, 1.82) is 0 Å². The summed E-state index contributed by atoms with van der Waals surface area (Å²) >= 11 is 5.26. The fourth-order valence-electron chi connectivity index (χ4n) is 3.35. The van der Waals surface area contributed by atoms with Gasteiger partial charge in [-0.3, -0.25) is 15.1 Å². The van der Waals surface area contributed by atoms with Crippen LogP contribution in [0, 0.1) is 11.3 Å². The van der Waals surface area contributed by atoms with Crippen LogP contribution in [0.1, 0.15) is 50.4 Å². The van der Waals surface area contributed by atoms with Gasteiger partial charge in [-0.1, -0.05) is 20.8 Å². The highest BCUT2D eigenvalue weighted by molar-refractivity contribution is 7.80. The van der Waals surface area contributed by atoms with E-state index in [0.29, 0.717) is 28.1 Å². The molecule has 1 aliphatic carbocycles. The first kappa shape index (κ1) is 15.9. The summed E-state index contributed by atoms with van der Waals surface area (Å²) in [4.78, 5) is 15.9. The highest BCUT2D eigenvalue weighted by atomic mass is 32.1. The number of thiocarbonyl (C=S) groups is 1. The van der Waals surface area contributed by atoms with Crippen molar-refractivity contribution < 1.29 is 4.79 Å². The molecule has 0 radical (unpaired) electrons. The SMILES string of the molecule is C[C@@H]1C[C@H](NC(=S)NC(=O)c2cccnc2)CC(C)(C)C1. The number of carbonyl (C=O) groups is 1. The van der Waals surface area contributed by atoms with Crippen LogP contribution in [-0.4, -0.2) is 22.0 Å². The maximum atomic E-state index is 12.0. The molecule has 114 valence electrons. The standard InChI is InChI=1S/C16H23N3OS/c1-11-7-13(9-16(2,3)8-11)18-15(21)19-14(20)12-5-4-6-17-10-12/h4-6,10-11,13H,7-9H2,1-3H3,(H2,18,19,20,21)/t11-,13+/m1/s1. The zero-order chi connectivity index (χ0) is 15.5. The van der Waals surface area contributed by atoms with E-state index < -0.39 is 0 Å². The summed E-state index contributed by atoms with van der Waals surface area (Å²) in [5, 5.41) is 6.41. The number of pyridine rings is 1. The van der Waals surface area contributed by atoms with Crippen molar-refractivity contribution in [2.75, 3.05) is 0 Å². The van der Waals surface area contributed by atoms with Gasteiger partial charge in [0.1, 0.15) is 0 Å². The molecule has 0 unspecified atom stereocenters. The molecule has 0 saturated heterocycles. The van der Waals surface area contributed by atoms with Crippen LogP contribution >= 0.6 is 12.2 Å². The Morgan fingerprint density at radius 3 is 2.81 bits per heavy atom. The lowest BCUT2D eigenvalue weighted by Gasteiger charge is -2.39. The minimum absolute atomic E-state index is 0.219. The lowest BCUT2D eigenvalue weighted by molar-refractivity contribution is 0.0975. The van der Waals surface area contributed by atoms with Crippen LogP contribution in [0.15, 0.2) is 24.5 Å². The fourth-order valence-corrected chi connectivity index (χ4v) is 3.61. The molecule has 5 heteroatoms. The molecule has 1 fully saturated rings. The minimum atomic E-state index is -0.219. The Morgan fingerprint density at radius 1 is 1.43 bits per heavy atom. The molecule has 21 heavy (non-hydrogen) atoms. The molecule has 1 heterocycles. The van der Waals surface area contributed by atoms with Crippen molar-refractivity contribution in [3.8, 4) is 0 Å². The van der Waals surface area contributed by atoms with E-state index in [1.807, 2.05) is 0 Å². The van der Waals surface area contributed by atoms with Crippen molar-refractivity contribution in [2.45, 2.75) is 46.1 Å². The average Bonchev–Trinajstić information content (AvgIpc) is 2.36. The van der Waals surface area contributed by atoms with Crippen LogP contribution in [0.25, 0.3) is 0 Å². The van der Waals surface area contributed by atoms with Crippen molar-refractivity contribution in [2.24, 2.45) is 11.3 Å². The third-order valence-electron chi connectivity index (χ3n) is 3.87. The summed E-state index contributed by atoms with van der Waals surface area (Å²) < 4.78 is 0. The van der Waals surface area contributed by atoms with Gasteiger partial charge in [0.25, 0.3) is 5.91 Å². The second-order valence-electron chi connectivity index (χ2n) is 6.78. The number of nitrogens with one attached hydrogen (secondary N) is 2. The first-order valence-electron chi connectivity index (χ1n) is 7.37. The molecule has 1 aromatic heterocycles. The maximum Gasteiger partial charge on any atom is 0.258 e. The van der Waals surface area contributed by atoms with Crippen LogP contribution in [0.5, 0.6) is 0 Å². The molecule has 2 atom stereocenters. The van der Waals surface area contributed by atoms with E-state index in [4.69, 9.17) is 12.2 Å². The molecular formula is C16H23N3OS. The maximum absolute atomic E-state index is 12.0. The van der Waals surface area contributed by atoms with Gasteiger partial charge < -0.3 is 5.32 Å². The fraction of sp³-hybridized carbons (Fsp3) is 0.562. The average molecular weight is 305 g/mol. The summed E-state index contributed by atoms with van der Waals surface area (Å²) in [6.07, 6.45) is 6.56. The van der Waals surface area contributed by atoms with E-state index in [1.165, 1.54) is 12.6 Å². The molecule has 1 aliphatic rings. The van der Waals surface area contributed by atoms with Gasteiger partial charge in [-0.15, -0.1) is 0 Å². The van der Waals surface area contributed by atoms with Gasteiger partial charge in [0.05, 0.1) is 5.56 Å². The number of hydrogen-bond acceptors (Lipinski definition) is 3. The summed E-state index contributed by atoms with van der Waals surface area (Å²) in [6.45, 7) is 6.84. The van der Waals surface area contributed by atoms with E-state index in [9.17, 15) is 4.79 Å². The summed E-state index contributed by atoms with van der Waals surface area (Å²) in [7, 11) is 0. The zero-order valence-electron chi connectivity index (χ0n) is 12.8. The molecule has 2 N–H and O–H groups in total. The van der Waals surface area contributed by atoms with Crippen LogP contribution in [0.3, 0.4) is 0 Å². The van der Waals surface area contributed by atoms with Gasteiger partial charge in [-0.25, -0.2) is 0 Å². The smallest absolute Gasteiger partial charge is 0.258 e. The van der Waals surface area contributed by atoms with E-state index in [1.54, 1.807) is 18.3 Å². The Labute approximate surface area is 131 Å². The molecule has 1 amide bonds. The lowest BCUT2D eigenvalue weighted by Crippen LogP contribution is -2.48. The molecule has 1 aromatic rings. The quantitative estimate of drug-likeness (QED) is 0.825. The molecule has 1 saturated carbocycles. The Hall–Kier alpha value is -1.49. The van der Waals surface area contributed by atoms with Crippen LogP contribution < -0.4 is 10.6 Å². The van der Waals surface area contributed by atoms with Crippen LogP contribution in [0.4, 0.5) is 0 Å². The van der Waals surface area contributed by atoms with Crippen molar-refractivity contribution >= 4 is 23.2 Å². The van der Waals surface area contributed by atoms with Gasteiger partial charge in [-0.2, -0.15) is 0 Å².